The predicted molar refractivity (Wildman–Crippen MR) is 67.3 cm³/mol. The van der Waals surface area contributed by atoms with Crippen molar-refractivity contribution in [1.29, 1.82) is 0 Å². The molecule has 0 atom stereocenters. The molecular formula is C10H6Br2ClN. The summed E-state index contributed by atoms with van der Waals surface area (Å²) in [6.45, 7) is 0. The van der Waals surface area contributed by atoms with Gasteiger partial charge >= 0.3 is 0 Å². The fourth-order valence-corrected chi connectivity index (χ4v) is 2.32. The average Bonchev–Trinajstić information content (AvgIpc) is 2.16. The van der Waals surface area contributed by atoms with Crippen molar-refractivity contribution in [2.75, 3.05) is 0 Å². The quantitative estimate of drug-likeness (QED) is 0.545. The van der Waals surface area contributed by atoms with Crippen molar-refractivity contribution in [1.82, 2.24) is 4.98 Å². The molecular weight excluding hydrogens is 329 g/mol. The smallest absolute Gasteiger partial charge is 0.130 e. The van der Waals surface area contributed by atoms with Crippen molar-refractivity contribution >= 4 is 54.4 Å². The van der Waals surface area contributed by atoms with E-state index in [0.29, 0.717) is 5.15 Å². The molecule has 0 fully saturated rings. The second-order valence-electron chi connectivity index (χ2n) is 2.85. The van der Waals surface area contributed by atoms with Crippen molar-refractivity contribution in [3.05, 3.63) is 41.0 Å². The maximum absolute atomic E-state index is 5.92. The highest BCUT2D eigenvalue weighted by molar-refractivity contribution is 9.24. The molecule has 0 radical (unpaired) electrons. The first-order valence-electron chi connectivity index (χ1n) is 4.02. The van der Waals surface area contributed by atoms with Gasteiger partial charge in [0.15, 0.2) is 0 Å². The first-order chi connectivity index (χ1) is 6.68. The van der Waals surface area contributed by atoms with Gasteiger partial charge in [-0.25, -0.2) is 4.98 Å². The third kappa shape index (κ3) is 1.95. The molecule has 0 spiro atoms. The molecule has 1 aromatic carbocycles. The molecule has 2 rings (SSSR count). The number of fused-ring (bicyclic) bond motifs is 1. The first kappa shape index (κ1) is 10.4. The van der Waals surface area contributed by atoms with Crippen LogP contribution in [0.25, 0.3) is 10.9 Å². The van der Waals surface area contributed by atoms with Crippen LogP contribution in [0, 0.1) is 0 Å². The number of rotatable bonds is 1. The Morgan fingerprint density at radius 1 is 1.21 bits per heavy atom. The molecule has 0 aliphatic heterocycles. The van der Waals surface area contributed by atoms with Crippen molar-refractivity contribution < 1.29 is 0 Å². The molecule has 2 aromatic rings. The number of pyridine rings is 1. The Kier molecular flexibility index (Phi) is 3.10. The first-order valence-corrected chi connectivity index (χ1v) is 6.23. The molecule has 4 heteroatoms. The van der Waals surface area contributed by atoms with Gasteiger partial charge in [0, 0.05) is 5.39 Å². The molecule has 1 aromatic heterocycles. The molecule has 0 aliphatic rings. The SMILES string of the molecule is Clc1cc(C(Br)Br)c2ccccc2n1. The van der Waals surface area contributed by atoms with Crippen LogP contribution in [0.4, 0.5) is 0 Å². The minimum Gasteiger partial charge on any atom is -0.236 e. The summed E-state index contributed by atoms with van der Waals surface area (Å²) in [5.41, 5.74) is 2.01. The van der Waals surface area contributed by atoms with Gasteiger partial charge in [0.1, 0.15) is 5.15 Å². The maximum atomic E-state index is 5.92. The Morgan fingerprint density at radius 2 is 1.93 bits per heavy atom. The topological polar surface area (TPSA) is 12.9 Å². The van der Waals surface area contributed by atoms with Gasteiger partial charge in [0.25, 0.3) is 0 Å². The fraction of sp³-hybridized carbons (Fsp3) is 0.100. The normalized spacial score (nSPS) is 11.1. The second kappa shape index (κ2) is 4.17. The summed E-state index contributed by atoms with van der Waals surface area (Å²) in [5, 5.41) is 1.62. The standard InChI is InChI=1S/C10H6Br2ClN/c11-10(12)7-5-9(13)14-8-4-2-1-3-6(7)8/h1-5,10H. The molecule has 0 saturated carbocycles. The van der Waals surface area contributed by atoms with Crippen molar-refractivity contribution in [2.45, 2.75) is 3.74 Å². The van der Waals surface area contributed by atoms with Gasteiger partial charge in [-0.15, -0.1) is 0 Å². The highest BCUT2D eigenvalue weighted by atomic mass is 79.9. The van der Waals surface area contributed by atoms with Gasteiger partial charge in [-0.1, -0.05) is 61.7 Å². The Morgan fingerprint density at radius 3 is 2.64 bits per heavy atom. The van der Waals surface area contributed by atoms with Crippen molar-refractivity contribution in [3.8, 4) is 0 Å². The zero-order valence-electron chi connectivity index (χ0n) is 7.05. The van der Waals surface area contributed by atoms with E-state index in [1.165, 1.54) is 0 Å². The molecule has 0 N–H and O–H groups in total. The van der Waals surface area contributed by atoms with Gasteiger partial charge in [-0.3, -0.25) is 0 Å². The van der Waals surface area contributed by atoms with Gasteiger partial charge in [-0.2, -0.15) is 0 Å². The van der Waals surface area contributed by atoms with Crippen LogP contribution >= 0.6 is 43.5 Å². The maximum Gasteiger partial charge on any atom is 0.130 e. The van der Waals surface area contributed by atoms with Gasteiger partial charge < -0.3 is 0 Å². The van der Waals surface area contributed by atoms with E-state index >= 15 is 0 Å². The van der Waals surface area contributed by atoms with Crippen LogP contribution in [0.2, 0.25) is 5.15 Å². The van der Waals surface area contributed by atoms with Gasteiger partial charge in [0.05, 0.1) is 9.25 Å². The number of alkyl halides is 2. The van der Waals surface area contributed by atoms with E-state index in [1.807, 2.05) is 30.3 Å². The van der Waals surface area contributed by atoms with Gasteiger partial charge in [-0.05, 0) is 17.7 Å². The molecule has 1 heterocycles. The Labute approximate surface area is 104 Å². The third-order valence-corrected chi connectivity index (χ3v) is 3.13. The zero-order chi connectivity index (χ0) is 10.1. The highest BCUT2D eigenvalue weighted by Gasteiger charge is 2.09. The average molecular weight is 335 g/mol. The fourth-order valence-electron chi connectivity index (χ4n) is 1.35. The van der Waals surface area contributed by atoms with E-state index in [9.17, 15) is 0 Å². The van der Waals surface area contributed by atoms with Crippen LogP contribution in [-0.4, -0.2) is 4.98 Å². The molecule has 0 bridgehead atoms. The van der Waals surface area contributed by atoms with Crippen LogP contribution < -0.4 is 0 Å². The van der Waals surface area contributed by atoms with Gasteiger partial charge in [0.2, 0.25) is 0 Å². The summed E-state index contributed by atoms with van der Waals surface area (Å²) in [5.74, 6) is 0. The number of aromatic nitrogens is 1. The summed E-state index contributed by atoms with van der Waals surface area (Å²) < 4.78 is 0.0976. The Hall–Kier alpha value is -0.120. The van der Waals surface area contributed by atoms with E-state index in [1.54, 1.807) is 0 Å². The molecule has 0 unspecified atom stereocenters. The van der Waals surface area contributed by atoms with Crippen molar-refractivity contribution in [2.24, 2.45) is 0 Å². The number of nitrogens with zero attached hydrogens (tertiary/aromatic N) is 1. The van der Waals surface area contributed by atoms with Crippen molar-refractivity contribution in [3.63, 3.8) is 0 Å². The van der Waals surface area contributed by atoms with Crippen LogP contribution in [0.5, 0.6) is 0 Å². The minimum atomic E-state index is 0.0976. The molecule has 72 valence electrons. The lowest BCUT2D eigenvalue weighted by atomic mass is 10.1. The van der Waals surface area contributed by atoms with Crippen LogP contribution in [-0.2, 0) is 0 Å². The zero-order valence-corrected chi connectivity index (χ0v) is 11.0. The number of halogens is 3. The molecule has 0 aliphatic carbocycles. The molecule has 0 saturated heterocycles. The van der Waals surface area contributed by atoms with E-state index in [-0.39, 0.29) is 3.74 Å². The minimum absolute atomic E-state index is 0.0976. The molecule has 0 amide bonds. The summed E-state index contributed by atoms with van der Waals surface area (Å²) in [4.78, 5) is 4.24. The van der Waals surface area contributed by atoms with Crippen LogP contribution in [0.3, 0.4) is 0 Å². The van der Waals surface area contributed by atoms with E-state index in [4.69, 9.17) is 11.6 Å². The summed E-state index contributed by atoms with van der Waals surface area (Å²) in [6, 6.07) is 9.78. The van der Waals surface area contributed by atoms with Crippen LogP contribution in [0.1, 0.15) is 9.30 Å². The van der Waals surface area contributed by atoms with Crippen LogP contribution in [0.15, 0.2) is 30.3 Å². The predicted octanol–water partition coefficient (Wildman–Crippen LogP) is 4.68. The number of benzene rings is 1. The lowest BCUT2D eigenvalue weighted by Gasteiger charge is -2.07. The summed E-state index contributed by atoms with van der Waals surface area (Å²) in [7, 11) is 0. The van der Waals surface area contributed by atoms with E-state index < -0.39 is 0 Å². The Bertz CT molecular complexity index is 471. The monoisotopic (exact) mass is 333 g/mol. The molecule has 14 heavy (non-hydrogen) atoms. The second-order valence-corrected chi connectivity index (χ2v) is 6.30. The number of hydrogen-bond acceptors (Lipinski definition) is 1. The van der Waals surface area contributed by atoms with E-state index in [0.717, 1.165) is 16.5 Å². The number of para-hydroxylation sites is 1. The lowest BCUT2D eigenvalue weighted by molar-refractivity contribution is 1.35. The Balaban J connectivity index is 2.80. The summed E-state index contributed by atoms with van der Waals surface area (Å²) in [6.07, 6.45) is 0. The lowest BCUT2D eigenvalue weighted by Crippen LogP contribution is -1.87. The number of hydrogen-bond donors (Lipinski definition) is 0. The summed E-state index contributed by atoms with van der Waals surface area (Å²) >= 11 is 12.9. The third-order valence-electron chi connectivity index (χ3n) is 1.95. The highest BCUT2D eigenvalue weighted by Crippen LogP contribution is 2.35. The van der Waals surface area contributed by atoms with E-state index in [2.05, 4.69) is 36.8 Å². The largest absolute Gasteiger partial charge is 0.236 e. The molecule has 1 nitrogen and oxygen atoms in total.